The topological polar surface area (TPSA) is 12.0 Å². The van der Waals surface area contributed by atoms with Crippen molar-refractivity contribution in [3.8, 4) is 0 Å². The predicted molar refractivity (Wildman–Crippen MR) is 73.7 cm³/mol. The third-order valence-electron chi connectivity index (χ3n) is 2.86. The molecule has 1 heterocycles. The van der Waals surface area contributed by atoms with Crippen LogP contribution in [0.5, 0.6) is 0 Å². The Bertz CT molecular complexity index is 364. The third kappa shape index (κ3) is 3.07. The molecule has 1 aromatic rings. The summed E-state index contributed by atoms with van der Waals surface area (Å²) in [6.45, 7) is 2.17. The maximum atomic E-state index is 6.01. The average Bonchev–Trinajstić information content (AvgIpc) is 2.74. The van der Waals surface area contributed by atoms with Gasteiger partial charge in [0, 0.05) is 17.8 Å². The van der Waals surface area contributed by atoms with Gasteiger partial charge >= 0.3 is 0 Å². The van der Waals surface area contributed by atoms with Crippen LogP contribution in [0.15, 0.2) is 18.2 Å². The lowest BCUT2D eigenvalue weighted by Gasteiger charge is -2.19. The van der Waals surface area contributed by atoms with Crippen LogP contribution in [-0.4, -0.2) is 17.5 Å². The molecule has 1 aromatic carbocycles. The smallest absolute Gasteiger partial charge is 0.0595 e. The van der Waals surface area contributed by atoms with E-state index in [-0.39, 0.29) is 0 Å². The molecule has 2 unspecified atom stereocenters. The molecule has 0 radical (unpaired) electrons. The highest BCUT2D eigenvalue weighted by atomic mass is 35.5. The minimum Gasteiger partial charge on any atom is -0.307 e. The van der Waals surface area contributed by atoms with Gasteiger partial charge in [0.25, 0.3) is 0 Å². The average molecular weight is 276 g/mol. The van der Waals surface area contributed by atoms with Crippen LogP contribution in [-0.2, 0) is 0 Å². The van der Waals surface area contributed by atoms with Crippen LogP contribution in [0, 0.1) is 0 Å². The van der Waals surface area contributed by atoms with Gasteiger partial charge in [-0.15, -0.1) is 0 Å². The Hall–Kier alpha value is 0.110. The highest BCUT2D eigenvalue weighted by Crippen LogP contribution is 2.27. The van der Waals surface area contributed by atoms with E-state index in [0.29, 0.717) is 22.1 Å². The summed E-state index contributed by atoms with van der Waals surface area (Å²) < 4.78 is 0. The molecule has 1 nitrogen and oxygen atoms in total. The summed E-state index contributed by atoms with van der Waals surface area (Å²) in [4.78, 5) is 0. The number of halogens is 2. The standard InChI is InChI=1S/C12H15Cl2NS/c1-8(15-10-4-5-16-7-10)9-2-3-11(13)12(14)6-9/h2-3,6,8,10,15H,4-5,7H2,1H3. The van der Waals surface area contributed by atoms with E-state index in [1.807, 2.05) is 30.0 Å². The lowest BCUT2D eigenvalue weighted by atomic mass is 10.1. The molecule has 1 fully saturated rings. The SMILES string of the molecule is CC(NC1CCSC1)c1ccc(Cl)c(Cl)c1. The van der Waals surface area contributed by atoms with Gasteiger partial charge in [-0.3, -0.25) is 0 Å². The summed E-state index contributed by atoms with van der Waals surface area (Å²) in [5, 5.41) is 4.87. The van der Waals surface area contributed by atoms with Crippen LogP contribution in [0.2, 0.25) is 10.0 Å². The van der Waals surface area contributed by atoms with Gasteiger partial charge < -0.3 is 5.32 Å². The van der Waals surface area contributed by atoms with Crippen molar-refractivity contribution in [3.63, 3.8) is 0 Å². The first-order valence-electron chi connectivity index (χ1n) is 5.45. The number of benzene rings is 1. The van der Waals surface area contributed by atoms with Gasteiger partial charge in [-0.2, -0.15) is 11.8 Å². The van der Waals surface area contributed by atoms with Gasteiger partial charge in [0.2, 0.25) is 0 Å². The van der Waals surface area contributed by atoms with E-state index in [0.717, 1.165) is 0 Å². The fourth-order valence-electron chi connectivity index (χ4n) is 1.90. The van der Waals surface area contributed by atoms with Crippen LogP contribution in [0.3, 0.4) is 0 Å². The van der Waals surface area contributed by atoms with Crippen LogP contribution in [0.25, 0.3) is 0 Å². The third-order valence-corrected chi connectivity index (χ3v) is 4.76. The van der Waals surface area contributed by atoms with Crippen molar-refractivity contribution in [2.45, 2.75) is 25.4 Å². The fourth-order valence-corrected chi connectivity index (χ4v) is 3.37. The number of rotatable bonds is 3. The second-order valence-corrected chi connectivity index (χ2v) is 6.09. The molecule has 2 atom stereocenters. The molecule has 0 amide bonds. The maximum Gasteiger partial charge on any atom is 0.0595 e. The zero-order chi connectivity index (χ0) is 11.5. The van der Waals surface area contributed by atoms with Crippen LogP contribution < -0.4 is 5.32 Å². The molecule has 1 N–H and O–H groups in total. The first-order chi connectivity index (χ1) is 7.66. The maximum absolute atomic E-state index is 6.01. The van der Waals surface area contributed by atoms with Gasteiger partial charge in [-0.1, -0.05) is 29.3 Å². The van der Waals surface area contributed by atoms with E-state index < -0.39 is 0 Å². The summed E-state index contributed by atoms with van der Waals surface area (Å²) in [5.41, 5.74) is 1.20. The molecule has 0 bridgehead atoms. The summed E-state index contributed by atoms with van der Waals surface area (Å²) in [6.07, 6.45) is 1.26. The highest BCUT2D eigenvalue weighted by molar-refractivity contribution is 7.99. The van der Waals surface area contributed by atoms with E-state index in [1.54, 1.807) is 0 Å². The van der Waals surface area contributed by atoms with Crippen molar-refractivity contribution in [1.82, 2.24) is 5.32 Å². The molecule has 16 heavy (non-hydrogen) atoms. The molecular formula is C12H15Cl2NS. The summed E-state index contributed by atoms with van der Waals surface area (Å²) in [7, 11) is 0. The minimum atomic E-state index is 0.332. The van der Waals surface area contributed by atoms with Crippen molar-refractivity contribution in [3.05, 3.63) is 33.8 Å². The van der Waals surface area contributed by atoms with Crippen molar-refractivity contribution < 1.29 is 0 Å². The fraction of sp³-hybridized carbons (Fsp3) is 0.500. The lowest BCUT2D eigenvalue weighted by Crippen LogP contribution is -2.31. The van der Waals surface area contributed by atoms with E-state index in [9.17, 15) is 0 Å². The molecular weight excluding hydrogens is 261 g/mol. The Balaban J connectivity index is 2.02. The normalized spacial score (nSPS) is 22.3. The molecule has 88 valence electrons. The Morgan fingerprint density at radius 2 is 2.19 bits per heavy atom. The Kier molecular flexibility index (Phi) is 4.42. The Morgan fingerprint density at radius 1 is 1.38 bits per heavy atom. The zero-order valence-electron chi connectivity index (χ0n) is 9.17. The van der Waals surface area contributed by atoms with Gasteiger partial charge in [0.05, 0.1) is 10.0 Å². The largest absolute Gasteiger partial charge is 0.307 e. The van der Waals surface area contributed by atoms with E-state index >= 15 is 0 Å². The van der Waals surface area contributed by atoms with E-state index in [2.05, 4.69) is 12.2 Å². The number of thioether (sulfide) groups is 1. The van der Waals surface area contributed by atoms with Crippen molar-refractivity contribution in [2.75, 3.05) is 11.5 Å². The van der Waals surface area contributed by atoms with Gasteiger partial charge in [0.1, 0.15) is 0 Å². The highest BCUT2D eigenvalue weighted by Gasteiger charge is 2.18. The quantitative estimate of drug-likeness (QED) is 0.890. The van der Waals surface area contributed by atoms with Gasteiger partial charge in [-0.25, -0.2) is 0 Å². The molecule has 4 heteroatoms. The molecule has 1 aliphatic rings. The second kappa shape index (κ2) is 5.63. The number of hydrogen-bond acceptors (Lipinski definition) is 2. The van der Waals surface area contributed by atoms with Crippen LogP contribution in [0.1, 0.15) is 24.9 Å². The van der Waals surface area contributed by atoms with Crippen LogP contribution in [0.4, 0.5) is 0 Å². The first kappa shape index (κ1) is 12.6. The summed E-state index contributed by atoms with van der Waals surface area (Å²) in [6, 6.07) is 6.81. The van der Waals surface area contributed by atoms with Crippen LogP contribution >= 0.6 is 35.0 Å². The van der Waals surface area contributed by atoms with E-state index in [4.69, 9.17) is 23.2 Å². The number of hydrogen-bond donors (Lipinski definition) is 1. The van der Waals surface area contributed by atoms with Gasteiger partial charge in [0.15, 0.2) is 0 Å². The Morgan fingerprint density at radius 3 is 2.81 bits per heavy atom. The Labute approximate surface area is 111 Å². The minimum absolute atomic E-state index is 0.332. The molecule has 0 aromatic heterocycles. The zero-order valence-corrected chi connectivity index (χ0v) is 11.5. The molecule has 1 aliphatic heterocycles. The summed E-state index contributed by atoms with van der Waals surface area (Å²) in [5.74, 6) is 2.48. The van der Waals surface area contributed by atoms with Crippen molar-refractivity contribution in [1.29, 1.82) is 0 Å². The van der Waals surface area contributed by atoms with E-state index in [1.165, 1.54) is 23.5 Å². The van der Waals surface area contributed by atoms with Gasteiger partial charge in [-0.05, 0) is 36.8 Å². The molecule has 0 saturated carbocycles. The molecule has 0 aliphatic carbocycles. The summed E-state index contributed by atoms with van der Waals surface area (Å²) >= 11 is 13.9. The van der Waals surface area contributed by atoms with Crippen molar-refractivity contribution in [2.24, 2.45) is 0 Å². The monoisotopic (exact) mass is 275 g/mol. The molecule has 2 rings (SSSR count). The molecule has 0 spiro atoms. The lowest BCUT2D eigenvalue weighted by molar-refractivity contribution is 0.486. The second-order valence-electron chi connectivity index (χ2n) is 4.12. The predicted octanol–water partition coefficient (Wildman–Crippen LogP) is 4.15. The van der Waals surface area contributed by atoms with Crippen molar-refractivity contribution >= 4 is 35.0 Å². The first-order valence-corrected chi connectivity index (χ1v) is 7.36. The molecule has 1 saturated heterocycles. The number of nitrogens with one attached hydrogen (secondary N) is 1.